The molecule has 224 valence electrons. The van der Waals surface area contributed by atoms with Crippen molar-refractivity contribution in [2.45, 2.75) is 24.5 Å². The van der Waals surface area contributed by atoms with E-state index in [2.05, 4.69) is 19.8 Å². The standard InChI is InChI=1S/C31H31ClFN5O5/c1-40-31(39)23-8-7-22-30(35-23)36-29(34-22)20(25-9-14-41-25)16-37-10-12-38(13-11-37)24-3-2-4-26-28(24)42-17-27(43-26)19-6-5-18(32)15-21(19)33/h2-8,15,20,25,27H,9-14,16-17H2,1H3,(H,34,35,36)/t20?,25-,27?/m0/s1. The van der Waals surface area contributed by atoms with Crippen LogP contribution >= 0.6 is 11.6 Å². The third-order valence-corrected chi connectivity index (χ3v) is 8.61. The van der Waals surface area contributed by atoms with E-state index in [1.165, 1.54) is 13.2 Å². The molecule has 0 bridgehead atoms. The SMILES string of the molecule is COC(=O)c1ccc2[nH]c(C(CN3CCN(c4cccc5c4OCC(c4ccc(Cl)cc4F)O5)CC3)[C@@H]3CCO3)nc2n1. The molecular weight excluding hydrogens is 577 g/mol. The Bertz CT molecular complexity index is 1660. The van der Waals surface area contributed by atoms with E-state index in [1.54, 1.807) is 18.2 Å². The first-order valence-electron chi connectivity index (χ1n) is 14.4. The average Bonchev–Trinajstić information content (AvgIpc) is 3.43. The maximum atomic E-state index is 14.5. The number of ether oxygens (including phenoxy) is 4. The first-order valence-corrected chi connectivity index (χ1v) is 14.8. The van der Waals surface area contributed by atoms with Gasteiger partial charge in [0.2, 0.25) is 0 Å². The molecule has 3 aliphatic rings. The Kier molecular flexibility index (Phi) is 7.54. The molecule has 2 unspecified atom stereocenters. The summed E-state index contributed by atoms with van der Waals surface area (Å²) < 4.78 is 37.6. The number of rotatable bonds is 7. The van der Waals surface area contributed by atoms with Crippen molar-refractivity contribution >= 4 is 34.4 Å². The summed E-state index contributed by atoms with van der Waals surface area (Å²) in [6.45, 7) is 5.03. The Balaban J connectivity index is 1.03. The van der Waals surface area contributed by atoms with Crippen molar-refractivity contribution in [3.63, 3.8) is 0 Å². The number of aromatic amines is 1. The van der Waals surface area contributed by atoms with Crippen molar-refractivity contribution in [3.8, 4) is 11.5 Å². The van der Waals surface area contributed by atoms with Gasteiger partial charge in [0.1, 0.15) is 18.2 Å². The van der Waals surface area contributed by atoms with Crippen molar-refractivity contribution in [2.75, 3.05) is 57.9 Å². The van der Waals surface area contributed by atoms with Crippen molar-refractivity contribution in [3.05, 3.63) is 76.5 Å². The van der Waals surface area contributed by atoms with Crippen LogP contribution in [0.1, 0.15) is 40.3 Å². The lowest BCUT2D eigenvalue weighted by Crippen LogP contribution is -2.49. The topological polar surface area (TPSA) is 102 Å². The molecule has 3 atom stereocenters. The van der Waals surface area contributed by atoms with Crippen LogP contribution in [-0.2, 0) is 9.47 Å². The molecule has 3 aliphatic heterocycles. The van der Waals surface area contributed by atoms with Crippen LogP contribution in [0.4, 0.5) is 10.1 Å². The third kappa shape index (κ3) is 5.48. The van der Waals surface area contributed by atoms with E-state index < -0.39 is 17.9 Å². The lowest BCUT2D eigenvalue weighted by molar-refractivity contribution is -0.0725. The maximum absolute atomic E-state index is 14.5. The fourth-order valence-corrected chi connectivity index (χ4v) is 6.12. The first-order chi connectivity index (χ1) is 21.0. The molecule has 2 fully saturated rings. The molecule has 0 amide bonds. The number of fused-ring (bicyclic) bond motifs is 2. The number of hydrogen-bond acceptors (Lipinski definition) is 9. The van der Waals surface area contributed by atoms with E-state index in [1.807, 2.05) is 24.3 Å². The molecule has 10 nitrogen and oxygen atoms in total. The molecule has 0 aliphatic carbocycles. The van der Waals surface area contributed by atoms with Crippen LogP contribution in [-0.4, -0.2) is 85.0 Å². The monoisotopic (exact) mass is 607 g/mol. The van der Waals surface area contributed by atoms with Crippen molar-refractivity contribution < 1.29 is 28.1 Å². The number of H-pyrrole nitrogens is 1. The number of benzene rings is 2. The van der Waals surface area contributed by atoms with Crippen LogP contribution < -0.4 is 14.4 Å². The Morgan fingerprint density at radius 1 is 1.16 bits per heavy atom. The highest BCUT2D eigenvalue weighted by Crippen LogP contribution is 2.44. The fraction of sp³-hybridized carbons (Fsp3) is 0.387. The minimum atomic E-state index is -0.553. The van der Waals surface area contributed by atoms with Crippen LogP contribution in [0.2, 0.25) is 5.02 Å². The zero-order valence-electron chi connectivity index (χ0n) is 23.6. The quantitative estimate of drug-likeness (QED) is 0.298. The second kappa shape index (κ2) is 11.6. The summed E-state index contributed by atoms with van der Waals surface area (Å²) in [5.41, 5.74) is 2.88. The van der Waals surface area contributed by atoms with Crippen LogP contribution in [0.3, 0.4) is 0 Å². The summed E-state index contributed by atoms with van der Waals surface area (Å²) in [5.74, 6) is 1.24. The largest absolute Gasteiger partial charge is 0.483 e. The number of imidazole rings is 1. The molecule has 4 aromatic rings. The smallest absolute Gasteiger partial charge is 0.356 e. The summed E-state index contributed by atoms with van der Waals surface area (Å²) in [5, 5.41) is 0.343. The average molecular weight is 608 g/mol. The van der Waals surface area contributed by atoms with Crippen LogP contribution in [0.15, 0.2) is 48.5 Å². The molecule has 43 heavy (non-hydrogen) atoms. The lowest BCUT2D eigenvalue weighted by atomic mass is 9.94. The number of para-hydroxylation sites is 1. The molecule has 1 N–H and O–H groups in total. The van der Waals surface area contributed by atoms with Gasteiger partial charge in [0.25, 0.3) is 0 Å². The molecule has 0 spiro atoms. The number of carbonyl (C=O) groups is 1. The van der Waals surface area contributed by atoms with E-state index in [0.29, 0.717) is 27.7 Å². The van der Waals surface area contributed by atoms with Gasteiger partial charge in [-0.2, -0.15) is 0 Å². The van der Waals surface area contributed by atoms with E-state index in [9.17, 15) is 9.18 Å². The fourth-order valence-electron chi connectivity index (χ4n) is 5.96. The molecule has 7 rings (SSSR count). The second-order valence-electron chi connectivity index (χ2n) is 11.0. The third-order valence-electron chi connectivity index (χ3n) is 8.38. The predicted molar refractivity (Wildman–Crippen MR) is 158 cm³/mol. The minimum absolute atomic E-state index is 0.0440. The number of carbonyl (C=O) groups excluding carboxylic acids is 1. The zero-order valence-corrected chi connectivity index (χ0v) is 24.3. The van der Waals surface area contributed by atoms with E-state index in [0.717, 1.165) is 62.8 Å². The summed E-state index contributed by atoms with van der Waals surface area (Å²) in [4.78, 5) is 29.2. The van der Waals surface area contributed by atoms with Gasteiger partial charge >= 0.3 is 5.97 Å². The van der Waals surface area contributed by atoms with Gasteiger partial charge < -0.3 is 28.8 Å². The van der Waals surface area contributed by atoms with Gasteiger partial charge in [-0.25, -0.2) is 19.2 Å². The van der Waals surface area contributed by atoms with E-state index in [-0.39, 0.29) is 24.3 Å². The summed E-state index contributed by atoms with van der Waals surface area (Å²) in [6, 6.07) is 13.9. The summed E-state index contributed by atoms with van der Waals surface area (Å²) in [7, 11) is 1.34. The van der Waals surface area contributed by atoms with E-state index >= 15 is 0 Å². The number of hydrogen-bond donors (Lipinski definition) is 1. The van der Waals surface area contributed by atoms with Gasteiger partial charge in [-0.15, -0.1) is 0 Å². The van der Waals surface area contributed by atoms with Gasteiger partial charge in [0, 0.05) is 49.9 Å². The highest BCUT2D eigenvalue weighted by molar-refractivity contribution is 6.30. The lowest BCUT2D eigenvalue weighted by Gasteiger charge is -2.41. The Hall–Kier alpha value is -3.93. The normalized spacial score (nSPS) is 21.0. The van der Waals surface area contributed by atoms with Crippen molar-refractivity contribution in [1.82, 2.24) is 19.9 Å². The molecule has 2 saturated heterocycles. The van der Waals surface area contributed by atoms with Gasteiger partial charge in [-0.3, -0.25) is 4.90 Å². The summed E-state index contributed by atoms with van der Waals surface area (Å²) in [6.07, 6.45) is 0.489. The molecule has 5 heterocycles. The van der Waals surface area contributed by atoms with Crippen LogP contribution in [0.25, 0.3) is 11.2 Å². The molecule has 0 saturated carbocycles. The number of methoxy groups -OCH3 is 1. The van der Waals surface area contributed by atoms with Crippen LogP contribution in [0.5, 0.6) is 11.5 Å². The second-order valence-corrected chi connectivity index (χ2v) is 11.4. The number of anilines is 1. The number of aromatic nitrogens is 3. The highest BCUT2D eigenvalue weighted by atomic mass is 35.5. The highest BCUT2D eigenvalue weighted by Gasteiger charge is 2.35. The molecule has 2 aromatic carbocycles. The molecular formula is C31H31ClFN5O5. The number of esters is 1. The number of pyridine rings is 1. The number of nitrogens with one attached hydrogen (secondary N) is 1. The van der Waals surface area contributed by atoms with Gasteiger partial charge in [0.05, 0.1) is 30.3 Å². The van der Waals surface area contributed by atoms with Crippen molar-refractivity contribution in [2.24, 2.45) is 0 Å². The Labute approximate surface area is 252 Å². The number of piperazine rings is 1. The number of halogens is 2. The van der Waals surface area contributed by atoms with Crippen molar-refractivity contribution in [1.29, 1.82) is 0 Å². The molecule has 12 heteroatoms. The van der Waals surface area contributed by atoms with Gasteiger partial charge in [-0.1, -0.05) is 23.7 Å². The Morgan fingerprint density at radius 3 is 2.74 bits per heavy atom. The van der Waals surface area contributed by atoms with E-state index in [4.69, 9.17) is 35.5 Å². The number of nitrogens with zero attached hydrogens (tertiary/aromatic N) is 4. The predicted octanol–water partition coefficient (Wildman–Crippen LogP) is 4.74. The first kappa shape index (κ1) is 27.9. The Morgan fingerprint density at radius 2 is 2.00 bits per heavy atom. The summed E-state index contributed by atoms with van der Waals surface area (Å²) >= 11 is 5.93. The molecule has 2 aromatic heterocycles. The minimum Gasteiger partial charge on any atom is -0.483 e. The van der Waals surface area contributed by atoms with Crippen LogP contribution in [0, 0.1) is 5.82 Å². The van der Waals surface area contributed by atoms with Gasteiger partial charge in [-0.05, 0) is 42.8 Å². The maximum Gasteiger partial charge on any atom is 0.356 e. The van der Waals surface area contributed by atoms with Gasteiger partial charge in [0.15, 0.2) is 28.9 Å². The molecule has 0 radical (unpaired) electrons. The zero-order chi connectivity index (χ0) is 29.5.